The average Bonchev–Trinajstić information content (AvgIpc) is 3.09. The Morgan fingerprint density at radius 3 is 2.36 bits per heavy atom. The maximum atomic E-state index is 13.1. The Balaban J connectivity index is 1.62. The Morgan fingerprint density at radius 2 is 1.72 bits per heavy atom. The fourth-order valence-electron chi connectivity index (χ4n) is 5.69. The zero-order valence-corrected chi connectivity index (χ0v) is 20.9. The molecule has 2 N–H and O–H groups in total. The minimum Gasteiger partial charge on any atom is -0.502 e. The molecule has 36 heavy (non-hydrogen) atoms. The molecule has 1 fully saturated rings. The van der Waals surface area contributed by atoms with Crippen molar-refractivity contribution in [2.24, 2.45) is 23.7 Å². The highest BCUT2D eigenvalue weighted by Gasteiger charge is 2.56. The van der Waals surface area contributed by atoms with Crippen molar-refractivity contribution in [2.75, 3.05) is 14.2 Å². The second-order valence-electron chi connectivity index (χ2n) is 9.06. The van der Waals surface area contributed by atoms with Crippen LogP contribution in [0.2, 0.25) is 0 Å². The number of Topliss-reactive ketones (excluding diaryl/α,β-unsaturated/α-hetero) is 1. The quantitative estimate of drug-likeness (QED) is 0.251. The van der Waals surface area contributed by atoms with E-state index in [0.717, 1.165) is 5.57 Å². The Morgan fingerprint density at radius 1 is 1.06 bits per heavy atom. The summed E-state index contributed by atoms with van der Waals surface area (Å²) < 4.78 is 10.6. The van der Waals surface area contributed by atoms with Gasteiger partial charge in [0.1, 0.15) is 0 Å². The number of ketones is 2. The predicted molar refractivity (Wildman–Crippen MR) is 129 cm³/mol. The van der Waals surface area contributed by atoms with Crippen LogP contribution in [-0.4, -0.2) is 53.0 Å². The van der Waals surface area contributed by atoms with E-state index in [0.29, 0.717) is 16.7 Å². The van der Waals surface area contributed by atoms with Crippen molar-refractivity contribution >= 4 is 45.4 Å². The summed E-state index contributed by atoms with van der Waals surface area (Å²) in [6, 6.07) is 3.20. The number of phenolic OH excluding ortho intramolecular Hbond substituents is 1. The van der Waals surface area contributed by atoms with Crippen LogP contribution in [0.1, 0.15) is 18.4 Å². The third-order valence-corrected chi connectivity index (χ3v) is 7.93. The number of imide groups is 1. The fourth-order valence-corrected chi connectivity index (χ4v) is 6.13. The van der Waals surface area contributed by atoms with Gasteiger partial charge in [-0.2, -0.15) is 5.06 Å². The summed E-state index contributed by atoms with van der Waals surface area (Å²) in [4.78, 5) is 51.4. The van der Waals surface area contributed by atoms with Crippen LogP contribution in [0.15, 0.2) is 51.6 Å². The number of hydroxylamine groups is 2. The molecule has 1 heterocycles. The fraction of sp³-hybridized carbons (Fsp3) is 0.308. The number of rotatable bonds is 4. The van der Waals surface area contributed by atoms with Gasteiger partial charge in [-0.3, -0.25) is 24.4 Å². The lowest BCUT2D eigenvalue weighted by Crippen LogP contribution is -2.39. The Kier molecular flexibility index (Phi) is 5.96. The molecule has 3 aliphatic carbocycles. The summed E-state index contributed by atoms with van der Waals surface area (Å²) in [5, 5.41) is 20.4. The molecule has 0 unspecified atom stereocenters. The first-order valence-corrected chi connectivity index (χ1v) is 12.1. The van der Waals surface area contributed by atoms with E-state index in [-0.39, 0.29) is 51.2 Å². The van der Waals surface area contributed by atoms with Gasteiger partial charge in [0.2, 0.25) is 5.75 Å². The molecular weight excluding hydrogens is 534 g/mol. The first kappa shape index (κ1) is 24.2. The molecule has 0 saturated carbocycles. The molecule has 9 nitrogen and oxygen atoms in total. The van der Waals surface area contributed by atoms with Crippen LogP contribution >= 0.6 is 15.9 Å². The molecule has 1 aliphatic heterocycles. The molecule has 10 heteroatoms. The maximum absolute atomic E-state index is 13.1. The van der Waals surface area contributed by atoms with Crippen LogP contribution in [0, 0.1) is 23.7 Å². The minimum atomic E-state index is -0.811. The normalized spacial score (nSPS) is 27.6. The number of nitrogens with zero attached hydrogens (tertiary/aromatic N) is 1. The Labute approximate surface area is 214 Å². The van der Waals surface area contributed by atoms with E-state index in [9.17, 15) is 29.5 Å². The lowest BCUT2D eigenvalue weighted by Gasteiger charge is -2.40. The first-order valence-electron chi connectivity index (χ1n) is 11.3. The van der Waals surface area contributed by atoms with E-state index in [1.807, 2.05) is 6.08 Å². The highest BCUT2D eigenvalue weighted by atomic mass is 79.9. The molecular formula is C26H22BrNO8. The standard InChI is InChI=1S/C26H22BrNO8/c1-35-19-7-11(8-20(36-2)24(19)31)3-4-13-12-5-6-14-22(26(33)28(34)25(14)32)15(12)9-16-21(13)18(29)10-17(27)23(16)30/h3-5,7-8,10,13-15,22,31,34H,6,9H2,1-2H3/t13-,14-,15+,22-/m0/s1. The van der Waals surface area contributed by atoms with Gasteiger partial charge in [-0.15, -0.1) is 0 Å². The number of halogens is 1. The number of allylic oxidation sites excluding steroid dienone is 7. The summed E-state index contributed by atoms with van der Waals surface area (Å²) >= 11 is 3.17. The molecule has 0 aromatic heterocycles. The van der Waals surface area contributed by atoms with E-state index in [1.165, 1.54) is 20.3 Å². The van der Waals surface area contributed by atoms with Gasteiger partial charge < -0.3 is 14.6 Å². The third kappa shape index (κ3) is 3.55. The van der Waals surface area contributed by atoms with E-state index >= 15 is 0 Å². The van der Waals surface area contributed by atoms with Crippen molar-refractivity contribution in [3.05, 3.63) is 57.1 Å². The Bertz CT molecular complexity index is 1330. The van der Waals surface area contributed by atoms with Crippen molar-refractivity contribution in [1.82, 2.24) is 5.06 Å². The lowest BCUT2D eigenvalue weighted by molar-refractivity contribution is -0.173. The minimum absolute atomic E-state index is 0.119. The number of phenols is 1. The highest BCUT2D eigenvalue weighted by Crippen LogP contribution is 2.52. The van der Waals surface area contributed by atoms with Gasteiger partial charge in [0.15, 0.2) is 23.1 Å². The van der Waals surface area contributed by atoms with Crippen LogP contribution in [0.3, 0.4) is 0 Å². The molecule has 1 saturated heterocycles. The SMILES string of the molecule is COc1cc(C=C[C@H]2C3=CC[C@@H]4C(=O)N(O)C(=O)[C@@H]4[C@@H]3CC3=C2C(=O)C=C(Br)C3=O)cc(OC)c1O. The zero-order chi connectivity index (χ0) is 25.9. The van der Waals surface area contributed by atoms with Gasteiger partial charge in [-0.25, -0.2) is 0 Å². The zero-order valence-electron chi connectivity index (χ0n) is 19.4. The number of amides is 2. The van der Waals surface area contributed by atoms with Crippen LogP contribution in [0.5, 0.6) is 17.2 Å². The topological polar surface area (TPSA) is 130 Å². The monoisotopic (exact) mass is 555 g/mol. The molecule has 5 rings (SSSR count). The third-order valence-electron chi connectivity index (χ3n) is 7.34. The van der Waals surface area contributed by atoms with Gasteiger partial charge in [0.25, 0.3) is 11.8 Å². The summed E-state index contributed by atoms with van der Waals surface area (Å²) in [7, 11) is 2.82. The number of carbonyl (C=O) groups is 4. The molecule has 0 radical (unpaired) electrons. The van der Waals surface area contributed by atoms with Crippen LogP contribution in [-0.2, 0) is 19.2 Å². The number of fused-ring (bicyclic) bond motifs is 3. The van der Waals surface area contributed by atoms with E-state index in [2.05, 4.69) is 15.9 Å². The number of aromatic hydroxyl groups is 1. The van der Waals surface area contributed by atoms with Crippen molar-refractivity contribution in [3.8, 4) is 17.2 Å². The summed E-state index contributed by atoms with van der Waals surface area (Å²) in [5.41, 5.74) is 1.99. The lowest BCUT2D eigenvalue weighted by atomic mass is 9.61. The second kappa shape index (κ2) is 8.86. The van der Waals surface area contributed by atoms with Gasteiger partial charge >= 0.3 is 0 Å². The van der Waals surface area contributed by atoms with E-state index < -0.39 is 35.5 Å². The molecule has 186 valence electrons. The van der Waals surface area contributed by atoms with E-state index in [4.69, 9.17) is 9.47 Å². The number of hydrogen-bond donors (Lipinski definition) is 2. The van der Waals surface area contributed by atoms with Crippen LogP contribution in [0.4, 0.5) is 0 Å². The molecule has 1 aromatic carbocycles. The molecule has 4 aliphatic rings. The number of benzene rings is 1. The summed E-state index contributed by atoms with van der Waals surface area (Å²) in [6.07, 6.45) is 6.94. The van der Waals surface area contributed by atoms with Gasteiger partial charge in [-0.05, 0) is 52.4 Å². The predicted octanol–water partition coefficient (Wildman–Crippen LogP) is 3.11. The molecule has 4 atom stereocenters. The summed E-state index contributed by atoms with van der Waals surface area (Å²) in [5.74, 6) is -4.42. The van der Waals surface area contributed by atoms with Gasteiger partial charge in [-0.1, -0.05) is 23.8 Å². The Hall–Kier alpha value is -3.50. The molecule has 0 spiro atoms. The van der Waals surface area contributed by atoms with Gasteiger partial charge in [0.05, 0.1) is 30.5 Å². The second-order valence-corrected chi connectivity index (χ2v) is 9.91. The van der Waals surface area contributed by atoms with Gasteiger partial charge in [0, 0.05) is 23.1 Å². The first-order chi connectivity index (χ1) is 17.2. The largest absolute Gasteiger partial charge is 0.502 e. The number of hydrogen-bond acceptors (Lipinski definition) is 8. The highest BCUT2D eigenvalue weighted by molar-refractivity contribution is 9.12. The maximum Gasteiger partial charge on any atom is 0.257 e. The van der Waals surface area contributed by atoms with Crippen molar-refractivity contribution < 1.29 is 39.0 Å². The number of ether oxygens (including phenoxy) is 2. The number of methoxy groups -OCH3 is 2. The molecule has 0 bridgehead atoms. The van der Waals surface area contributed by atoms with Crippen LogP contribution in [0.25, 0.3) is 6.08 Å². The number of carbonyl (C=O) groups excluding carboxylic acids is 4. The summed E-state index contributed by atoms with van der Waals surface area (Å²) in [6.45, 7) is 0. The van der Waals surface area contributed by atoms with Crippen molar-refractivity contribution in [3.63, 3.8) is 0 Å². The van der Waals surface area contributed by atoms with E-state index in [1.54, 1.807) is 24.3 Å². The van der Waals surface area contributed by atoms with Crippen molar-refractivity contribution in [2.45, 2.75) is 12.8 Å². The molecule has 1 aromatic rings. The van der Waals surface area contributed by atoms with Crippen molar-refractivity contribution in [1.29, 1.82) is 0 Å². The molecule has 2 amide bonds. The smallest absolute Gasteiger partial charge is 0.257 e. The average molecular weight is 556 g/mol. The van der Waals surface area contributed by atoms with Crippen LogP contribution < -0.4 is 9.47 Å².